The Morgan fingerprint density at radius 3 is 3.00 bits per heavy atom. The maximum atomic E-state index is 4.35. The van der Waals surface area contributed by atoms with Crippen molar-refractivity contribution in [1.29, 1.82) is 0 Å². The maximum Gasteiger partial charge on any atom is 0.0701 e. The first kappa shape index (κ1) is 12.5. The molecule has 0 radical (unpaired) electrons. The van der Waals surface area contributed by atoms with E-state index in [9.17, 15) is 0 Å². The van der Waals surface area contributed by atoms with Gasteiger partial charge in [-0.05, 0) is 43.1 Å². The first-order valence-electron chi connectivity index (χ1n) is 6.88. The average Bonchev–Trinajstić information content (AvgIpc) is 2.48. The predicted molar refractivity (Wildman–Crippen MR) is 72.9 cm³/mol. The molecule has 1 aliphatic carbocycles. The molecule has 2 unspecified atom stereocenters. The maximum absolute atomic E-state index is 4.35. The van der Waals surface area contributed by atoms with Gasteiger partial charge in [0.25, 0.3) is 0 Å². The summed E-state index contributed by atoms with van der Waals surface area (Å²) >= 11 is 0. The number of allylic oxidation sites excluding steroid dienone is 2. The highest BCUT2D eigenvalue weighted by atomic mass is 15.4. The largest absolute Gasteiger partial charge is 0.383 e. The average molecular weight is 235 g/mol. The van der Waals surface area contributed by atoms with E-state index in [1.807, 2.05) is 25.3 Å². The van der Waals surface area contributed by atoms with Crippen molar-refractivity contribution in [1.82, 2.24) is 10.3 Å². The lowest BCUT2D eigenvalue weighted by Crippen LogP contribution is -2.33. The van der Waals surface area contributed by atoms with Crippen LogP contribution in [0.3, 0.4) is 0 Å². The van der Waals surface area contributed by atoms with E-state index in [2.05, 4.69) is 17.3 Å². The van der Waals surface area contributed by atoms with Crippen molar-refractivity contribution in [2.24, 2.45) is 16.9 Å². The number of rotatable bonds is 3. The van der Waals surface area contributed by atoms with Gasteiger partial charge in [-0.25, -0.2) is 0 Å². The molecule has 0 amide bonds. The van der Waals surface area contributed by atoms with Gasteiger partial charge in [-0.2, -0.15) is 5.10 Å². The molecule has 1 heterocycles. The normalized spacial score (nSPS) is 29.1. The van der Waals surface area contributed by atoms with Gasteiger partial charge in [0.05, 0.1) is 11.9 Å². The molecule has 3 heteroatoms. The zero-order valence-corrected chi connectivity index (χ0v) is 11.4. The van der Waals surface area contributed by atoms with E-state index in [4.69, 9.17) is 0 Å². The van der Waals surface area contributed by atoms with Crippen LogP contribution in [0.2, 0.25) is 0 Å². The molecule has 0 saturated heterocycles. The number of hydrogen-bond donors (Lipinski definition) is 1. The first-order valence-corrected chi connectivity index (χ1v) is 6.88. The quantitative estimate of drug-likeness (QED) is 0.601. The molecule has 96 valence electrons. The first-order chi connectivity index (χ1) is 8.20. The second-order valence-electron chi connectivity index (χ2n) is 5.51. The van der Waals surface area contributed by atoms with Gasteiger partial charge in [-0.3, -0.25) is 0 Å². The Balaban J connectivity index is 2.12. The van der Waals surface area contributed by atoms with E-state index >= 15 is 0 Å². The lowest BCUT2D eigenvalue weighted by Gasteiger charge is -2.29. The Kier molecular flexibility index (Phi) is 4.08. The van der Waals surface area contributed by atoms with Crippen molar-refractivity contribution in [3.05, 3.63) is 11.3 Å². The fourth-order valence-electron chi connectivity index (χ4n) is 3.10. The number of hydrazone groups is 1. The molecule has 2 aliphatic rings. The van der Waals surface area contributed by atoms with Crippen molar-refractivity contribution in [3.8, 4) is 0 Å². The van der Waals surface area contributed by atoms with Gasteiger partial charge >= 0.3 is 0 Å². The van der Waals surface area contributed by atoms with Gasteiger partial charge in [-0.15, -0.1) is 0 Å². The molecule has 1 aliphatic heterocycles. The fraction of sp³-hybridized carbons (Fsp3) is 0.786. The third-order valence-electron chi connectivity index (χ3n) is 4.11. The van der Waals surface area contributed by atoms with Gasteiger partial charge in [0.2, 0.25) is 0 Å². The fourth-order valence-corrected chi connectivity index (χ4v) is 3.10. The summed E-state index contributed by atoms with van der Waals surface area (Å²) in [5, 5.41) is 9.79. The van der Waals surface area contributed by atoms with Gasteiger partial charge < -0.3 is 10.3 Å². The van der Waals surface area contributed by atoms with E-state index in [-0.39, 0.29) is 0 Å². The summed E-state index contributed by atoms with van der Waals surface area (Å²) in [7, 11) is 3.93. The van der Waals surface area contributed by atoms with Crippen LogP contribution >= 0.6 is 0 Å². The van der Waals surface area contributed by atoms with Crippen LogP contribution in [0.5, 0.6) is 0 Å². The van der Waals surface area contributed by atoms with Crippen LogP contribution < -0.4 is 5.32 Å². The van der Waals surface area contributed by atoms with Crippen LogP contribution in [0.25, 0.3) is 0 Å². The minimum atomic E-state index is 0.856. The van der Waals surface area contributed by atoms with Crippen molar-refractivity contribution in [2.75, 3.05) is 20.6 Å². The summed E-state index contributed by atoms with van der Waals surface area (Å²) in [6.07, 6.45) is 8.64. The van der Waals surface area contributed by atoms with E-state index in [1.165, 1.54) is 37.8 Å². The third-order valence-corrected chi connectivity index (χ3v) is 4.11. The lowest BCUT2D eigenvalue weighted by molar-refractivity contribution is 0.300. The molecule has 2 atom stereocenters. The molecule has 2 bridgehead atoms. The molecule has 2 rings (SSSR count). The summed E-state index contributed by atoms with van der Waals surface area (Å²) in [4.78, 5) is 0. The molecule has 1 fully saturated rings. The Bertz CT molecular complexity index is 317. The molecule has 0 spiro atoms. The monoisotopic (exact) mass is 235 g/mol. The molecule has 0 aromatic carbocycles. The second-order valence-corrected chi connectivity index (χ2v) is 5.51. The van der Waals surface area contributed by atoms with Gasteiger partial charge in [-0.1, -0.05) is 13.3 Å². The highest BCUT2D eigenvalue weighted by Crippen LogP contribution is 2.36. The van der Waals surface area contributed by atoms with Crippen molar-refractivity contribution in [2.45, 2.75) is 39.0 Å². The molecule has 0 aromatic heterocycles. The van der Waals surface area contributed by atoms with E-state index in [0.717, 1.165) is 18.4 Å². The molecular formula is C14H25N3. The van der Waals surface area contributed by atoms with Crippen LogP contribution in [-0.2, 0) is 0 Å². The molecule has 1 saturated carbocycles. The van der Waals surface area contributed by atoms with Crippen molar-refractivity contribution >= 4 is 6.21 Å². The number of nitrogens with one attached hydrogen (secondary N) is 1. The summed E-state index contributed by atoms with van der Waals surface area (Å²) in [6, 6.07) is 0. The number of hydrogen-bond acceptors (Lipinski definition) is 3. The van der Waals surface area contributed by atoms with Crippen LogP contribution in [0.1, 0.15) is 39.0 Å². The predicted octanol–water partition coefficient (Wildman–Crippen LogP) is 2.61. The van der Waals surface area contributed by atoms with Crippen LogP contribution in [0.15, 0.2) is 16.4 Å². The van der Waals surface area contributed by atoms with Crippen molar-refractivity contribution < 1.29 is 0 Å². The van der Waals surface area contributed by atoms with Gasteiger partial charge in [0.15, 0.2) is 0 Å². The molecule has 0 aromatic rings. The topological polar surface area (TPSA) is 27.6 Å². The second kappa shape index (κ2) is 5.56. The van der Waals surface area contributed by atoms with Crippen LogP contribution in [-0.4, -0.2) is 31.9 Å². The Hall–Kier alpha value is -0.990. The summed E-state index contributed by atoms with van der Waals surface area (Å²) < 4.78 is 0. The SMILES string of the molecule is CCC1CCCC2=C(C=NN(C)C)NCC1C2. The van der Waals surface area contributed by atoms with E-state index < -0.39 is 0 Å². The molecule has 17 heavy (non-hydrogen) atoms. The molecular weight excluding hydrogens is 210 g/mol. The standard InChI is InChI=1S/C14H25N3/c1-4-11-6-5-7-12-8-13(11)9-15-14(12)10-16-17(2)3/h10-11,13,15H,4-9H2,1-3H3. The molecule has 1 N–H and O–H groups in total. The van der Waals surface area contributed by atoms with Crippen molar-refractivity contribution in [3.63, 3.8) is 0 Å². The smallest absolute Gasteiger partial charge is 0.0701 e. The summed E-state index contributed by atoms with van der Waals surface area (Å²) in [6.45, 7) is 3.47. The minimum absolute atomic E-state index is 0.856. The Morgan fingerprint density at radius 2 is 2.29 bits per heavy atom. The number of nitrogens with zero attached hydrogens (tertiary/aromatic N) is 2. The number of fused-ring (bicyclic) bond motifs is 2. The third kappa shape index (κ3) is 3.02. The minimum Gasteiger partial charge on any atom is -0.383 e. The van der Waals surface area contributed by atoms with Gasteiger partial charge in [0.1, 0.15) is 0 Å². The van der Waals surface area contributed by atoms with Crippen LogP contribution in [0.4, 0.5) is 0 Å². The lowest BCUT2D eigenvalue weighted by atomic mass is 9.83. The van der Waals surface area contributed by atoms with Gasteiger partial charge in [0, 0.05) is 20.6 Å². The molecule has 3 nitrogen and oxygen atoms in total. The van der Waals surface area contributed by atoms with E-state index in [1.54, 1.807) is 5.57 Å². The Morgan fingerprint density at radius 1 is 1.47 bits per heavy atom. The zero-order valence-electron chi connectivity index (χ0n) is 11.4. The summed E-state index contributed by atoms with van der Waals surface area (Å²) in [5.74, 6) is 1.78. The van der Waals surface area contributed by atoms with Crippen LogP contribution in [0, 0.1) is 11.8 Å². The highest BCUT2D eigenvalue weighted by Gasteiger charge is 2.28. The zero-order chi connectivity index (χ0) is 12.3. The highest BCUT2D eigenvalue weighted by molar-refractivity contribution is 5.79. The van der Waals surface area contributed by atoms with E-state index in [0.29, 0.717) is 0 Å². The summed E-state index contributed by atoms with van der Waals surface area (Å²) in [5.41, 5.74) is 2.88. The Labute approximate surface area is 105 Å².